The Balaban J connectivity index is 1.50. The second-order valence-electron chi connectivity index (χ2n) is 6.08. The normalized spacial score (nSPS) is 18.2. The van der Waals surface area contributed by atoms with Gasteiger partial charge in [0.05, 0.1) is 25.5 Å². The number of nitrogens with one attached hydrogen (secondary N) is 1. The number of hydrogen-bond donors (Lipinski definition) is 2. The van der Waals surface area contributed by atoms with Crippen LogP contribution in [0.2, 0.25) is 0 Å². The zero-order valence-corrected chi connectivity index (χ0v) is 13.1. The molecule has 1 aliphatic rings. The van der Waals surface area contributed by atoms with E-state index in [9.17, 15) is 9.50 Å². The van der Waals surface area contributed by atoms with Crippen molar-refractivity contribution >= 4 is 0 Å². The summed E-state index contributed by atoms with van der Waals surface area (Å²) in [4.78, 5) is 2.38. The van der Waals surface area contributed by atoms with E-state index in [0.717, 1.165) is 43.8 Å². The average molecular weight is 318 g/mol. The molecule has 0 amide bonds. The molecule has 1 atom stereocenters. The van der Waals surface area contributed by atoms with Crippen molar-refractivity contribution in [3.8, 4) is 0 Å². The van der Waals surface area contributed by atoms with Gasteiger partial charge in [0.1, 0.15) is 11.6 Å². The number of halogens is 1. The van der Waals surface area contributed by atoms with Crippen molar-refractivity contribution in [1.29, 1.82) is 0 Å². The third-order valence-electron chi connectivity index (χ3n) is 4.44. The maximum Gasteiger partial charge on any atom is 0.123 e. The van der Waals surface area contributed by atoms with Crippen molar-refractivity contribution in [3.05, 3.63) is 59.8 Å². The lowest BCUT2D eigenvalue weighted by molar-refractivity contribution is 0.159. The van der Waals surface area contributed by atoms with Crippen LogP contribution in [-0.2, 0) is 6.54 Å². The summed E-state index contributed by atoms with van der Waals surface area (Å²) >= 11 is 0. The molecule has 2 heterocycles. The van der Waals surface area contributed by atoms with Gasteiger partial charge in [0.15, 0.2) is 0 Å². The summed E-state index contributed by atoms with van der Waals surface area (Å²) in [6, 6.07) is 10.5. The van der Waals surface area contributed by atoms with Crippen LogP contribution in [0.3, 0.4) is 0 Å². The summed E-state index contributed by atoms with van der Waals surface area (Å²) in [5, 5.41) is 13.1. The quantitative estimate of drug-likeness (QED) is 0.860. The SMILES string of the molecule is OCC(NC1CCN(Cc2ccco2)CC1)c1ccc(F)cc1. The number of likely N-dealkylation sites (tertiary alicyclic amines) is 1. The number of aliphatic hydroxyl groups excluding tert-OH is 1. The lowest BCUT2D eigenvalue weighted by Gasteiger charge is -2.34. The van der Waals surface area contributed by atoms with Gasteiger partial charge in [-0.2, -0.15) is 0 Å². The maximum atomic E-state index is 13.0. The first-order valence-corrected chi connectivity index (χ1v) is 8.11. The molecule has 0 spiro atoms. The number of piperidine rings is 1. The van der Waals surface area contributed by atoms with Crippen molar-refractivity contribution in [2.45, 2.75) is 31.5 Å². The van der Waals surface area contributed by atoms with Crippen molar-refractivity contribution in [1.82, 2.24) is 10.2 Å². The van der Waals surface area contributed by atoms with E-state index in [1.807, 2.05) is 12.1 Å². The molecule has 1 aromatic heterocycles. The van der Waals surface area contributed by atoms with Crippen molar-refractivity contribution < 1.29 is 13.9 Å². The Labute approximate surface area is 135 Å². The number of furan rings is 1. The molecule has 4 nitrogen and oxygen atoms in total. The topological polar surface area (TPSA) is 48.6 Å². The molecule has 1 unspecified atom stereocenters. The van der Waals surface area contributed by atoms with E-state index in [4.69, 9.17) is 4.42 Å². The highest BCUT2D eigenvalue weighted by Gasteiger charge is 2.22. The van der Waals surface area contributed by atoms with Gasteiger partial charge in [0, 0.05) is 19.1 Å². The smallest absolute Gasteiger partial charge is 0.123 e. The van der Waals surface area contributed by atoms with Crippen molar-refractivity contribution in [2.75, 3.05) is 19.7 Å². The fourth-order valence-corrected chi connectivity index (χ4v) is 3.11. The molecule has 1 aromatic carbocycles. The first-order valence-electron chi connectivity index (χ1n) is 8.11. The largest absolute Gasteiger partial charge is 0.468 e. The number of aliphatic hydroxyl groups is 1. The van der Waals surface area contributed by atoms with Crippen LogP contribution in [0.25, 0.3) is 0 Å². The fraction of sp³-hybridized carbons (Fsp3) is 0.444. The van der Waals surface area contributed by atoms with E-state index in [0.29, 0.717) is 6.04 Å². The van der Waals surface area contributed by atoms with Crippen LogP contribution in [-0.4, -0.2) is 35.7 Å². The Hall–Kier alpha value is -1.69. The Morgan fingerprint density at radius 1 is 1.22 bits per heavy atom. The van der Waals surface area contributed by atoms with Gasteiger partial charge in [-0.1, -0.05) is 12.1 Å². The van der Waals surface area contributed by atoms with Crippen LogP contribution >= 0.6 is 0 Å². The van der Waals surface area contributed by atoms with Gasteiger partial charge in [0.25, 0.3) is 0 Å². The maximum absolute atomic E-state index is 13.0. The van der Waals surface area contributed by atoms with Crippen LogP contribution in [0.1, 0.15) is 30.2 Å². The summed E-state index contributed by atoms with van der Waals surface area (Å²) < 4.78 is 18.4. The molecule has 1 aliphatic heterocycles. The van der Waals surface area contributed by atoms with E-state index < -0.39 is 0 Å². The highest BCUT2D eigenvalue weighted by atomic mass is 19.1. The molecule has 0 bridgehead atoms. The summed E-state index contributed by atoms with van der Waals surface area (Å²) in [6.45, 7) is 2.86. The van der Waals surface area contributed by atoms with Gasteiger partial charge in [-0.05, 0) is 42.7 Å². The molecule has 5 heteroatoms. The zero-order chi connectivity index (χ0) is 16.1. The van der Waals surface area contributed by atoms with Gasteiger partial charge >= 0.3 is 0 Å². The minimum absolute atomic E-state index is 0.0121. The summed E-state index contributed by atoms with van der Waals surface area (Å²) in [5.41, 5.74) is 0.923. The van der Waals surface area contributed by atoms with E-state index >= 15 is 0 Å². The molecule has 124 valence electrons. The Morgan fingerprint density at radius 2 is 1.96 bits per heavy atom. The number of rotatable bonds is 6. The van der Waals surface area contributed by atoms with Gasteiger partial charge in [-0.15, -0.1) is 0 Å². The lowest BCUT2D eigenvalue weighted by Crippen LogP contribution is -2.44. The van der Waals surface area contributed by atoms with Crippen LogP contribution in [0.4, 0.5) is 4.39 Å². The number of nitrogens with zero attached hydrogens (tertiary/aromatic N) is 1. The first kappa shape index (κ1) is 16.2. The summed E-state index contributed by atoms with van der Waals surface area (Å²) in [7, 11) is 0. The monoisotopic (exact) mass is 318 g/mol. The standard InChI is InChI=1S/C18H23FN2O2/c19-15-5-3-14(4-6-15)18(13-22)20-16-7-9-21(10-8-16)12-17-2-1-11-23-17/h1-6,11,16,18,20,22H,7-10,12-13H2. The summed E-state index contributed by atoms with van der Waals surface area (Å²) in [6.07, 6.45) is 3.76. The highest BCUT2D eigenvalue weighted by Crippen LogP contribution is 2.19. The molecular weight excluding hydrogens is 295 g/mol. The van der Waals surface area contributed by atoms with Crippen molar-refractivity contribution in [3.63, 3.8) is 0 Å². The summed E-state index contributed by atoms with van der Waals surface area (Å²) in [5.74, 6) is 0.743. The fourth-order valence-electron chi connectivity index (χ4n) is 3.11. The van der Waals surface area contributed by atoms with Gasteiger partial charge in [-0.25, -0.2) is 4.39 Å². The Bertz CT molecular complexity index is 578. The van der Waals surface area contributed by atoms with E-state index in [-0.39, 0.29) is 18.5 Å². The highest BCUT2D eigenvalue weighted by molar-refractivity contribution is 5.20. The van der Waals surface area contributed by atoms with Crippen LogP contribution < -0.4 is 5.32 Å². The molecule has 23 heavy (non-hydrogen) atoms. The minimum Gasteiger partial charge on any atom is -0.468 e. The van der Waals surface area contributed by atoms with Crippen LogP contribution in [0.5, 0.6) is 0 Å². The lowest BCUT2D eigenvalue weighted by atomic mass is 10.0. The third kappa shape index (κ3) is 4.41. The van der Waals surface area contributed by atoms with Gasteiger partial charge in [-0.3, -0.25) is 4.90 Å². The molecule has 1 fully saturated rings. The Kier molecular flexibility index (Phi) is 5.43. The minimum atomic E-state index is -0.253. The van der Waals surface area contributed by atoms with Crippen molar-refractivity contribution in [2.24, 2.45) is 0 Å². The second-order valence-corrected chi connectivity index (χ2v) is 6.08. The predicted octanol–water partition coefficient (Wildman–Crippen LogP) is 2.71. The zero-order valence-electron chi connectivity index (χ0n) is 13.1. The van der Waals surface area contributed by atoms with Crippen LogP contribution in [0.15, 0.2) is 47.1 Å². The molecule has 0 saturated carbocycles. The Morgan fingerprint density at radius 3 is 2.57 bits per heavy atom. The van der Waals surface area contributed by atoms with Gasteiger partial charge < -0.3 is 14.8 Å². The molecule has 3 rings (SSSR count). The van der Waals surface area contributed by atoms with E-state index in [2.05, 4.69) is 10.2 Å². The molecule has 0 aliphatic carbocycles. The van der Waals surface area contributed by atoms with Gasteiger partial charge in [0.2, 0.25) is 0 Å². The number of hydrogen-bond acceptors (Lipinski definition) is 4. The van der Waals surface area contributed by atoms with Crippen LogP contribution in [0, 0.1) is 5.82 Å². The molecule has 1 saturated heterocycles. The first-order chi connectivity index (χ1) is 11.2. The average Bonchev–Trinajstić information content (AvgIpc) is 3.08. The van der Waals surface area contributed by atoms with E-state index in [1.54, 1.807) is 18.4 Å². The number of benzene rings is 1. The third-order valence-corrected chi connectivity index (χ3v) is 4.44. The molecule has 2 N–H and O–H groups in total. The molecular formula is C18H23FN2O2. The second kappa shape index (κ2) is 7.73. The molecule has 0 radical (unpaired) electrons. The predicted molar refractivity (Wildman–Crippen MR) is 86.4 cm³/mol. The van der Waals surface area contributed by atoms with E-state index in [1.165, 1.54) is 12.1 Å². The molecule has 2 aromatic rings.